The molecular weight excluding hydrogens is 221 g/mol. The summed E-state index contributed by atoms with van der Waals surface area (Å²) in [5, 5.41) is 1.25. The van der Waals surface area contributed by atoms with Gasteiger partial charge >= 0.3 is 0 Å². The van der Waals surface area contributed by atoms with E-state index in [0.29, 0.717) is 0 Å². The van der Waals surface area contributed by atoms with Crippen LogP contribution in [0.4, 0.5) is 0 Å². The maximum atomic E-state index is 5.16. The van der Waals surface area contributed by atoms with E-state index in [0.717, 1.165) is 5.52 Å². The van der Waals surface area contributed by atoms with E-state index in [9.17, 15) is 0 Å². The Bertz CT molecular complexity index is 411. The zero-order chi connectivity index (χ0) is 8.55. The smallest absolute Gasteiger partial charge is 0.104 e. The van der Waals surface area contributed by atoms with Crippen molar-refractivity contribution in [3.05, 3.63) is 36.0 Å². The molecule has 1 aromatic heterocycles. The van der Waals surface area contributed by atoms with Gasteiger partial charge in [-0.2, -0.15) is 4.73 Å². The Kier molecular flexibility index (Phi) is 4.81. The number of para-hydroxylation sites is 1. The van der Waals surface area contributed by atoms with Crippen molar-refractivity contribution in [2.24, 2.45) is 0 Å². The van der Waals surface area contributed by atoms with E-state index in [2.05, 4.69) is 13.0 Å². The van der Waals surface area contributed by atoms with Gasteiger partial charge in [0.25, 0.3) is 0 Å². The fourth-order valence-electron chi connectivity index (χ4n) is 1.47. The summed E-state index contributed by atoms with van der Waals surface area (Å²) < 4.78 is 1.78. The molecule has 0 aliphatic carbocycles. The third-order valence-electron chi connectivity index (χ3n) is 2.07. The molecule has 2 rings (SSSR count). The maximum absolute atomic E-state index is 5.16. The van der Waals surface area contributed by atoms with Crippen molar-refractivity contribution in [3.63, 3.8) is 0 Å². The van der Waals surface area contributed by atoms with Gasteiger partial charge in [-0.3, -0.25) is 0 Å². The maximum Gasteiger partial charge on any atom is 0.104 e. The van der Waals surface area contributed by atoms with Crippen LogP contribution < -0.4 is 4.84 Å². The van der Waals surface area contributed by atoms with E-state index in [-0.39, 0.29) is 24.8 Å². The summed E-state index contributed by atoms with van der Waals surface area (Å²) in [5.41, 5.74) is 2.37. The molecule has 0 saturated carbocycles. The van der Waals surface area contributed by atoms with E-state index >= 15 is 0 Å². The molecule has 0 atom stereocenters. The Hall–Kier alpha value is -0.860. The molecule has 0 radical (unpaired) electrons. The monoisotopic (exact) mass is 233 g/mol. The fraction of sp³-hybridized carbons (Fsp3) is 0.200. The van der Waals surface area contributed by atoms with Crippen molar-refractivity contribution in [2.75, 3.05) is 7.11 Å². The summed E-state index contributed by atoms with van der Waals surface area (Å²) in [7, 11) is 1.67. The number of benzene rings is 1. The number of rotatable bonds is 1. The van der Waals surface area contributed by atoms with Gasteiger partial charge in [0.05, 0.1) is 5.52 Å². The van der Waals surface area contributed by atoms with E-state index < -0.39 is 0 Å². The van der Waals surface area contributed by atoms with Gasteiger partial charge in [-0.1, -0.05) is 18.2 Å². The number of hydrogen-bond donors (Lipinski definition) is 0. The molecule has 1 aromatic carbocycles. The molecule has 14 heavy (non-hydrogen) atoms. The lowest BCUT2D eigenvalue weighted by atomic mass is 10.2. The molecule has 0 unspecified atom stereocenters. The van der Waals surface area contributed by atoms with Crippen LogP contribution in [0.15, 0.2) is 30.5 Å². The topological polar surface area (TPSA) is 14.2 Å². The zero-order valence-corrected chi connectivity index (χ0v) is 9.69. The van der Waals surface area contributed by atoms with Crippen LogP contribution in [-0.2, 0) is 0 Å². The predicted molar refractivity (Wildman–Crippen MR) is 63.7 cm³/mol. The average Bonchev–Trinajstić information content (AvgIpc) is 2.44. The first-order valence-corrected chi connectivity index (χ1v) is 3.94. The van der Waals surface area contributed by atoms with Crippen molar-refractivity contribution >= 4 is 35.7 Å². The average molecular weight is 234 g/mol. The molecule has 0 amide bonds. The number of aromatic nitrogens is 1. The van der Waals surface area contributed by atoms with Gasteiger partial charge in [-0.25, -0.2) is 0 Å². The summed E-state index contributed by atoms with van der Waals surface area (Å²) in [4.78, 5) is 5.16. The normalized spacial score (nSPS) is 9.00. The molecule has 0 bridgehead atoms. The standard InChI is InChI=1S/C10H11NO.2ClH/c1-8-7-11(12-2)10-6-4-3-5-9(8)10;;/h3-7H,1-2H3;2*1H. The number of aryl methyl sites for hydroxylation is 1. The van der Waals surface area contributed by atoms with Gasteiger partial charge in [-0.05, 0) is 18.6 Å². The highest BCUT2D eigenvalue weighted by Crippen LogP contribution is 2.18. The first kappa shape index (κ1) is 13.1. The van der Waals surface area contributed by atoms with Crippen LogP contribution in [0.1, 0.15) is 5.56 Å². The Labute approximate surface area is 95.6 Å². The first-order valence-electron chi connectivity index (χ1n) is 3.94. The molecule has 2 aromatic rings. The summed E-state index contributed by atoms with van der Waals surface area (Å²) in [6.07, 6.45) is 1.99. The number of hydrogen-bond acceptors (Lipinski definition) is 1. The lowest BCUT2D eigenvalue weighted by Gasteiger charge is -2.00. The molecule has 0 aliphatic heterocycles. The van der Waals surface area contributed by atoms with E-state index in [1.807, 2.05) is 24.4 Å². The predicted octanol–water partition coefficient (Wildman–Crippen LogP) is 2.85. The van der Waals surface area contributed by atoms with Crippen molar-refractivity contribution < 1.29 is 4.84 Å². The molecule has 0 aliphatic rings. The summed E-state index contributed by atoms with van der Waals surface area (Å²) in [6.45, 7) is 2.08. The van der Waals surface area contributed by atoms with Crippen LogP contribution in [0.2, 0.25) is 0 Å². The minimum atomic E-state index is 0. The summed E-state index contributed by atoms with van der Waals surface area (Å²) >= 11 is 0. The molecule has 2 nitrogen and oxygen atoms in total. The molecule has 78 valence electrons. The van der Waals surface area contributed by atoms with E-state index in [1.54, 1.807) is 11.8 Å². The molecule has 0 saturated heterocycles. The summed E-state index contributed by atoms with van der Waals surface area (Å²) in [5.74, 6) is 0. The molecule has 4 heteroatoms. The zero-order valence-electron chi connectivity index (χ0n) is 8.06. The Morgan fingerprint density at radius 3 is 2.43 bits per heavy atom. The second kappa shape index (κ2) is 5.13. The minimum absolute atomic E-state index is 0. The van der Waals surface area contributed by atoms with Gasteiger partial charge < -0.3 is 4.84 Å². The fourth-order valence-corrected chi connectivity index (χ4v) is 1.47. The summed E-state index contributed by atoms with van der Waals surface area (Å²) in [6, 6.07) is 8.19. The second-order valence-electron chi connectivity index (χ2n) is 2.84. The van der Waals surface area contributed by atoms with Gasteiger partial charge in [0.15, 0.2) is 0 Å². The Morgan fingerprint density at radius 2 is 1.79 bits per heavy atom. The van der Waals surface area contributed by atoms with Gasteiger partial charge in [0, 0.05) is 11.6 Å². The van der Waals surface area contributed by atoms with Crippen LogP contribution in [0, 0.1) is 6.92 Å². The highest BCUT2D eigenvalue weighted by atomic mass is 35.5. The SMILES string of the molecule is COn1cc(C)c2ccccc21.Cl.Cl. The lowest BCUT2D eigenvalue weighted by Crippen LogP contribution is -2.02. The van der Waals surface area contributed by atoms with Crippen LogP contribution in [0.3, 0.4) is 0 Å². The van der Waals surface area contributed by atoms with E-state index in [1.165, 1.54) is 10.9 Å². The van der Waals surface area contributed by atoms with Crippen LogP contribution in [0.25, 0.3) is 10.9 Å². The second-order valence-corrected chi connectivity index (χ2v) is 2.84. The van der Waals surface area contributed by atoms with Gasteiger partial charge in [-0.15, -0.1) is 24.8 Å². The van der Waals surface area contributed by atoms with Gasteiger partial charge in [0.1, 0.15) is 7.11 Å². The highest BCUT2D eigenvalue weighted by molar-refractivity contribution is 5.85. The number of nitrogens with zero attached hydrogens (tertiary/aromatic N) is 1. The third-order valence-corrected chi connectivity index (χ3v) is 2.07. The molecule has 0 spiro atoms. The number of fused-ring (bicyclic) bond motifs is 1. The molecule has 0 fully saturated rings. The van der Waals surface area contributed by atoms with Crippen LogP contribution >= 0.6 is 24.8 Å². The highest BCUT2D eigenvalue weighted by Gasteiger charge is 2.02. The largest absolute Gasteiger partial charge is 0.417 e. The van der Waals surface area contributed by atoms with Crippen molar-refractivity contribution in [1.29, 1.82) is 0 Å². The van der Waals surface area contributed by atoms with Crippen LogP contribution in [0.5, 0.6) is 0 Å². The minimum Gasteiger partial charge on any atom is -0.417 e. The van der Waals surface area contributed by atoms with E-state index in [4.69, 9.17) is 4.84 Å². The Balaban J connectivity index is 0.000000845. The quantitative estimate of drug-likeness (QED) is 0.740. The van der Waals surface area contributed by atoms with Crippen molar-refractivity contribution in [2.45, 2.75) is 6.92 Å². The Morgan fingerprint density at radius 1 is 1.14 bits per heavy atom. The molecule has 0 N–H and O–H groups in total. The van der Waals surface area contributed by atoms with Gasteiger partial charge in [0.2, 0.25) is 0 Å². The van der Waals surface area contributed by atoms with Crippen LogP contribution in [-0.4, -0.2) is 11.8 Å². The molecular formula is C10H13Cl2NO. The molecule has 1 heterocycles. The van der Waals surface area contributed by atoms with Crippen molar-refractivity contribution in [1.82, 2.24) is 4.73 Å². The first-order chi connectivity index (χ1) is 5.83. The van der Waals surface area contributed by atoms with Crippen molar-refractivity contribution in [3.8, 4) is 0 Å². The lowest BCUT2D eigenvalue weighted by molar-refractivity contribution is 0.179. The third kappa shape index (κ3) is 1.97. The number of halogens is 2.